The van der Waals surface area contributed by atoms with Crippen molar-refractivity contribution in [3.05, 3.63) is 48.5 Å². The number of nitrogens with two attached hydrogens (primary N) is 1. The van der Waals surface area contributed by atoms with Gasteiger partial charge in [0.1, 0.15) is 12.4 Å². The molecule has 1 heterocycles. The van der Waals surface area contributed by atoms with Gasteiger partial charge >= 0.3 is 0 Å². The van der Waals surface area contributed by atoms with Gasteiger partial charge in [0.25, 0.3) is 10.0 Å². The van der Waals surface area contributed by atoms with Crippen molar-refractivity contribution in [3.63, 3.8) is 0 Å². The molecule has 1 aliphatic heterocycles. The van der Waals surface area contributed by atoms with Gasteiger partial charge in [-0.2, -0.15) is 0 Å². The largest absolute Gasteiger partial charge is 0.489 e. The average Bonchev–Trinajstić information content (AvgIpc) is 2.47. The second kappa shape index (κ2) is 4.72. The van der Waals surface area contributed by atoms with Crippen molar-refractivity contribution in [1.29, 1.82) is 0 Å². The van der Waals surface area contributed by atoms with E-state index in [-0.39, 0.29) is 4.90 Å². The van der Waals surface area contributed by atoms with Crippen LogP contribution in [0.3, 0.4) is 0 Å². The van der Waals surface area contributed by atoms with E-state index in [1.165, 1.54) is 16.4 Å². The van der Waals surface area contributed by atoms with E-state index in [2.05, 4.69) is 0 Å². The average molecular weight is 290 g/mol. The fraction of sp³-hybridized carbons (Fsp3) is 0.143. The maximum absolute atomic E-state index is 12.7. The summed E-state index contributed by atoms with van der Waals surface area (Å²) in [6, 6.07) is 13.3. The molecule has 0 bridgehead atoms. The Hall–Kier alpha value is -2.21. The van der Waals surface area contributed by atoms with Crippen molar-refractivity contribution in [3.8, 4) is 5.75 Å². The lowest BCUT2D eigenvalue weighted by molar-refractivity contribution is 0.316. The highest BCUT2D eigenvalue weighted by molar-refractivity contribution is 7.92. The van der Waals surface area contributed by atoms with Crippen LogP contribution >= 0.6 is 0 Å². The Bertz CT molecular complexity index is 726. The van der Waals surface area contributed by atoms with Crippen LogP contribution < -0.4 is 14.8 Å². The first-order valence-corrected chi connectivity index (χ1v) is 7.63. The van der Waals surface area contributed by atoms with Crippen LogP contribution in [0.25, 0.3) is 0 Å². The van der Waals surface area contributed by atoms with Gasteiger partial charge in [0, 0.05) is 5.69 Å². The molecule has 0 aromatic heterocycles. The molecule has 2 aromatic carbocycles. The third kappa shape index (κ3) is 2.08. The van der Waals surface area contributed by atoms with Crippen LogP contribution in [-0.4, -0.2) is 21.6 Å². The van der Waals surface area contributed by atoms with Crippen LogP contribution in [0.5, 0.6) is 5.75 Å². The molecule has 104 valence electrons. The quantitative estimate of drug-likeness (QED) is 0.857. The van der Waals surface area contributed by atoms with Crippen LogP contribution in [0.4, 0.5) is 11.4 Å². The topological polar surface area (TPSA) is 72.6 Å². The second-order valence-corrected chi connectivity index (χ2v) is 6.32. The Labute approximate surface area is 117 Å². The zero-order valence-corrected chi connectivity index (χ0v) is 11.5. The van der Waals surface area contributed by atoms with E-state index in [4.69, 9.17) is 10.5 Å². The summed E-state index contributed by atoms with van der Waals surface area (Å²) < 4.78 is 32.2. The van der Waals surface area contributed by atoms with Gasteiger partial charge in [0.2, 0.25) is 0 Å². The van der Waals surface area contributed by atoms with E-state index < -0.39 is 10.0 Å². The SMILES string of the molecule is Nc1ccc(S(=O)(=O)N2CCOc3ccccc32)cc1. The molecule has 0 spiro atoms. The Kier molecular flexibility index (Phi) is 3.02. The lowest BCUT2D eigenvalue weighted by Gasteiger charge is -2.30. The molecule has 0 amide bonds. The first-order valence-electron chi connectivity index (χ1n) is 6.19. The Morgan fingerprint density at radius 3 is 2.50 bits per heavy atom. The maximum atomic E-state index is 12.7. The summed E-state index contributed by atoms with van der Waals surface area (Å²) in [5.41, 5.74) is 6.70. The number of anilines is 2. The summed E-state index contributed by atoms with van der Waals surface area (Å²) in [5.74, 6) is 0.581. The Balaban J connectivity index is 2.07. The molecular weight excluding hydrogens is 276 g/mol. The van der Waals surface area contributed by atoms with E-state index in [0.717, 1.165) is 0 Å². The van der Waals surface area contributed by atoms with Crippen molar-refractivity contribution in [2.75, 3.05) is 23.2 Å². The number of fused-ring (bicyclic) bond motifs is 1. The Morgan fingerprint density at radius 1 is 1.05 bits per heavy atom. The van der Waals surface area contributed by atoms with Gasteiger partial charge in [-0.15, -0.1) is 0 Å². The lowest BCUT2D eigenvalue weighted by atomic mass is 10.2. The van der Waals surface area contributed by atoms with Crippen LogP contribution in [-0.2, 0) is 10.0 Å². The molecule has 5 nitrogen and oxygen atoms in total. The number of hydrogen-bond acceptors (Lipinski definition) is 4. The molecule has 0 aliphatic carbocycles. The number of ether oxygens (including phenoxy) is 1. The van der Waals surface area contributed by atoms with Crippen LogP contribution in [0.1, 0.15) is 0 Å². The molecule has 6 heteroatoms. The molecule has 0 saturated heterocycles. The number of nitrogens with zero attached hydrogens (tertiary/aromatic N) is 1. The number of hydrogen-bond donors (Lipinski definition) is 1. The lowest BCUT2D eigenvalue weighted by Crippen LogP contribution is -2.37. The zero-order valence-electron chi connectivity index (χ0n) is 10.7. The number of sulfonamides is 1. The Morgan fingerprint density at radius 2 is 1.75 bits per heavy atom. The van der Waals surface area contributed by atoms with Crippen LogP contribution in [0, 0.1) is 0 Å². The molecule has 1 aliphatic rings. The van der Waals surface area contributed by atoms with Crippen molar-refractivity contribution in [2.24, 2.45) is 0 Å². The van der Waals surface area contributed by atoms with Gasteiger partial charge < -0.3 is 10.5 Å². The molecule has 20 heavy (non-hydrogen) atoms. The molecular formula is C14H14N2O3S. The predicted octanol–water partition coefficient (Wildman–Crippen LogP) is 1.86. The first-order chi connectivity index (χ1) is 9.59. The molecule has 0 saturated carbocycles. The third-order valence-electron chi connectivity index (χ3n) is 3.15. The maximum Gasteiger partial charge on any atom is 0.264 e. The molecule has 2 N–H and O–H groups in total. The molecule has 0 radical (unpaired) electrons. The fourth-order valence-electron chi connectivity index (χ4n) is 2.16. The molecule has 3 rings (SSSR count). The number of benzene rings is 2. The molecule has 0 atom stereocenters. The van der Waals surface area contributed by atoms with Gasteiger partial charge in [-0.05, 0) is 36.4 Å². The van der Waals surface area contributed by atoms with Gasteiger partial charge in [-0.25, -0.2) is 8.42 Å². The highest BCUT2D eigenvalue weighted by atomic mass is 32.2. The van der Waals surface area contributed by atoms with Crippen molar-refractivity contribution < 1.29 is 13.2 Å². The van der Waals surface area contributed by atoms with Gasteiger partial charge in [-0.1, -0.05) is 12.1 Å². The number of para-hydroxylation sites is 2. The first kappa shape index (κ1) is 12.8. The van der Waals surface area contributed by atoms with Gasteiger partial charge in [-0.3, -0.25) is 4.31 Å². The normalized spacial score (nSPS) is 14.5. The van der Waals surface area contributed by atoms with E-state index in [0.29, 0.717) is 30.3 Å². The smallest absolute Gasteiger partial charge is 0.264 e. The predicted molar refractivity (Wildman–Crippen MR) is 77.3 cm³/mol. The third-order valence-corrected chi connectivity index (χ3v) is 4.98. The minimum Gasteiger partial charge on any atom is -0.489 e. The minimum absolute atomic E-state index is 0.225. The number of nitrogen functional groups attached to an aromatic ring is 1. The van der Waals surface area contributed by atoms with Gasteiger partial charge in [0.15, 0.2) is 0 Å². The minimum atomic E-state index is -3.59. The molecule has 0 fully saturated rings. The zero-order chi connectivity index (χ0) is 14.2. The van der Waals surface area contributed by atoms with E-state index in [9.17, 15) is 8.42 Å². The van der Waals surface area contributed by atoms with Gasteiger partial charge in [0.05, 0.1) is 17.1 Å². The van der Waals surface area contributed by atoms with Crippen molar-refractivity contribution >= 4 is 21.4 Å². The molecule has 0 unspecified atom stereocenters. The van der Waals surface area contributed by atoms with Crippen molar-refractivity contribution in [1.82, 2.24) is 0 Å². The number of rotatable bonds is 2. The summed E-state index contributed by atoms with van der Waals surface area (Å²) in [7, 11) is -3.59. The summed E-state index contributed by atoms with van der Waals surface area (Å²) in [6.45, 7) is 0.634. The highest BCUT2D eigenvalue weighted by Gasteiger charge is 2.29. The summed E-state index contributed by atoms with van der Waals surface area (Å²) in [4.78, 5) is 0.225. The molecule has 2 aromatic rings. The summed E-state index contributed by atoms with van der Waals surface area (Å²) in [5, 5.41) is 0. The monoisotopic (exact) mass is 290 g/mol. The van der Waals surface area contributed by atoms with E-state index in [1.54, 1.807) is 30.3 Å². The summed E-state index contributed by atoms with van der Waals surface area (Å²) >= 11 is 0. The highest BCUT2D eigenvalue weighted by Crippen LogP contribution is 2.34. The van der Waals surface area contributed by atoms with Crippen LogP contribution in [0.2, 0.25) is 0 Å². The van der Waals surface area contributed by atoms with E-state index in [1.807, 2.05) is 6.07 Å². The second-order valence-electron chi connectivity index (χ2n) is 4.46. The van der Waals surface area contributed by atoms with E-state index >= 15 is 0 Å². The summed E-state index contributed by atoms with van der Waals surface area (Å²) in [6.07, 6.45) is 0. The standard InChI is InChI=1S/C14H14N2O3S/c15-11-5-7-12(8-6-11)20(17,18)16-9-10-19-14-4-2-1-3-13(14)16/h1-8H,9-10,15H2. The fourth-order valence-corrected chi connectivity index (χ4v) is 3.62. The van der Waals surface area contributed by atoms with Crippen molar-refractivity contribution in [2.45, 2.75) is 4.90 Å². The van der Waals surface area contributed by atoms with Crippen LogP contribution in [0.15, 0.2) is 53.4 Å².